The fraction of sp³-hybridized carbons (Fsp3) is 1.00. The highest BCUT2D eigenvalue weighted by Gasteiger charge is 2.21. The Balaban J connectivity index is 3.71. The van der Waals surface area contributed by atoms with E-state index in [1.165, 1.54) is 0 Å². The van der Waals surface area contributed by atoms with Gasteiger partial charge in [-0.15, -0.1) is 0 Å². The van der Waals surface area contributed by atoms with Gasteiger partial charge in [0.15, 0.2) is 0 Å². The number of hydrogen-bond donors (Lipinski definition) is 2. The van der Waals surface area contributed by atoms with Crippen molar-refractivity contribution in [1.29, 1.82) is 0 Å². The van der Waals surface area contributed by atoms with E-state index in [0.29, 0.717) is 6.42 Å². The molecule has 3 N–H and O–H groups in total. The lowest BCUT2D eigenvalue weighted by molar-refractivity contribution is 0.0347. The summed E-state index contributed by atoms with van der Waals surface area (Å²) in [5, 5.41) is 9.28. The fourth-order valence-corrected chi connectivity index (χ4v) is 0.322. The molecule has 0 aliphatic carbocycles. The average molecular weight is 117 g/mol. The zero-order valence-corrected chi connectivity index (χ0v) is 5.81. The lowest BCUT2D eigenvalue weighted by Gasteiger charge is -2.25. The second-order valence-corrected chi connectivity index (χ2v) is 2.50. The van der Waals surface area contributed by atoms with Crippen molar-refractivity contribution in [3.63, 3.8) is 0 Å². The van der Waals surface area contributed by atoms with Crippen molar-refractivity contribution in [3.8, 4) is 0 Å². The van der Waals surface area contributed by atoms with Crippen molar-refractivity contribution in [2.45, 2.75) is 38.8 Å². The van der Waals surface area contributed by atoms with Crippen LogP contribution >= 0.6 is 0 Å². The zero-order chi connectivity index (χ0) is 6.78. The number of hydrogen-bond acceptors (Lipinski definition) is 2. The summed E-state index contributed by atoms with van der Waals surface area (Å²) in [4.78, 5) is 0. The summed E-state index contributed by atoms with van der Waals surface area (Å²) in [7, 11) is 0. The van der Waals surface area contributed by atoms with Crippen LogP contribution in [0.4, 0.5) is 0 Å². The molecule has 0 aromatic carbocycles. The van der Waals surface area contributed by atoms with E-state index in [1.54, 1.807) is 6.92 Å². The highest BCUT2D eigenvalue weighted by atomic mass is 16.3. The third kappa shape index (κ3) is 1.80. The van der Waals surface area contributed by atoms with Gasteiger partial charge in [0, 0.05) is 6.04 Å². The minimum Gasteiger partial charge on any atom is -0.389 e. The van der Waals surface area contributed by atoms with Crippen molar-refractivity contribution < 1.29 is 5.11 Å². The summed E-state index contributed by atoms with van der Waals surface area (Å²) in [6, 6.07) is -0.132. The molecule has 0 spiro atoms. The Labute approximate surface area is 50.7 Å². The van der Waals surface area contributed by atoms with E-state index in [4.69, 9.17) is 5.73 Å². The molecule has 0 aliphatic rings. The highest BCUT2D eigenvalue weighted by Crippen LogP contribution is 2.10. The maximum Gasteiger partial charge on any atom is 0.0764 e. The van der Waals surface area contributed by atoms with Crippen LogP contribution in [0.15, 0.2) is 0 Å². The SMILES string of the molecule is CCC(C)(O)[C@H](C)N. The second kappa shape index (κ2) is 2.46. The van der Waals surface area contributed by atoms with Gasteiger partial charge in [-0.3, -0.25) is 0 Å². The first-order chi connectivity index (χ1) is 3.50. The molecule has 0 saturated heterocycles. The summed E-state index contributed by atoms with van der Waals surface area (Å²) >= 11 is 0. The maximum atomic E-state index is 9.28. The minimum absolute atomic E-state index is 0.132. The molecule has 0 amide bonds. The molecule has 8 heavy (non-hydrogen) atoms. The molecule has 0 aromatic rings. The normalized spacial score (nSPS) is 22.1. The van der Waals surface area contributed by atoms with E-state index < -0.39 is 5.60 Å². The molecule has 0 saturated carbocycles. The van der Waals surface area contributed by atoms with Gasteiger partial charge in [-0.05, 0) is 20.3 Å². The van der Waals surface area contributed by atoms with Crippen LogP contribution in [0.25, 0.3) is 0 Å². The largest absolute Gasteiger partial charge is 0.389 e. The molecule has 2 nitrogen and oxygen atoms in total. The Hall–Kier alpha value is -0.0800. The first kappa shape index (κ1) is 7.92. The molecule has 0 heterocycles. The van der Waals surface area contributed by atoms with Crippen LogP contribution in [0.3, 0.4) is 0 Å². The van der Waals surface area contributed by atoms with Crippen LogP contribution in [0.5, 0.6) is 0 Å². The number of aliphatic hydroxyl groups is 1. The van der Waals surface area contributed by atoms with Crippen molar-refractivity contribution in [2.75, 3.05) is 0 Å². The molecule has 2 atom stereocenters. The van der Waals surface area contributed by atoms with Crippen LogP contribution < -0.4 is 5.73 Å². The van der Waals surface area contributed by atoms with Gasteiger partial charge in [-0.25, -0.2) is 0 Å². The average Bonchev–Trinajstić information content (AvgIpc) is 1.67. The standard InChI is InChI=1S/C6H15NO/c1-4-6(3,8)5(2)7/h5,8H,4,7H2,1-3H3/t5-,6?/m0/s1. The Bertz CT molecular complexity index is 68.9. The summed E-state index contributed by atoms with van der Waals surface area (Å²) in [5.41, 5.74) is 4.75. The van der Waals surface area contributed by atoms with Crippen molar-refractivity contribution in [2.24, 2.45) is 5.73 Å². The van der Waals surface area contributed by atoms with Crippen molar-refractivity contribution in [3.05, 3.63) is 0 Å². The van der Waals surface area contributed by atoms with Gasteiger partial charge in [0.25, 0.3) is 0 Å². The Kier molecular flexibility index (Phi) is 2.44. The predicted octanol–water partition coefficient (Wildman–Crippen LogP) is 0.495. The first-order valence-electron chi connectivity index (χ1n) is 2.98. The van der Waals surface area contributed by atoms with Gasteiger partial charge in [-0.1, -0.05) is 6.92 Å². The molecule has 0 bridgehead atoms. The Morgan fingerprint density at radius 3 is 2.12 bits per heavy atom. The molecule has 0 aliphatic heterocycles. The molecule has 1 unspecified atom stereocenters. The third-order valence-corrected chi connectivity index (χ3v) is 1.70. The van der Waals surface area contributed by atoms with E-state index >= 15 is 0 Å². The first-order valence-corrected chi connectivity index (χ1v) is 2.98. The monoisotopic (exact) mass is 117 g/mol. The Morgan fingerprint density at radius 1 is 1.75 bits per heavy atom. The smallest absolute Gasteiger partial charge is 0.0764 e. The van der Waals surface area contributed by atoms with Gasteiger partial charge in [-0.2, -0.15) is 0 Å². The third-order valence-electron chi connectivity index (χ3n) is 1.70. The molecule has 0 rings (SSSR count). The van der Waals surface area contributed by atoms with Crippen LogP contribution in [0.1, 0.15) is 27.2 Å². The molecule has 0 fully saturated rings. The van der Waals surface area contributed by atoms with Gasteiger partial charge in [0.05, 0.1) is 5.60 Å². The fourth-order valence-electron chi connectivity index (χ4n) is 0.322. The van der Waals surface area contributed by atoms with E-state index in [2.05, 4.69) is 0 Å². The van der Waals surface area contributed by atoms with Crippen LogP contribution in [0, 0.1) is 0 Å². The Morgan fingerprint density at radius 2 is 2.12 bits per heavy atom. The summed E-state index contributed by atoms with van der Waals surface area (Å²) < 4.78 is 0. The van der Waals surface area contributed by atoms with E-state index in [-0.39, 0.29) is 6.04 Å². The molecule has 50 valence electrons. The zero-order valence-electron chi connectivity index (χ0n) is 5.81. The molecular weight excluding hydrogens is 102 g/mol. The van der Waals surface area contributed by atoms with E-state index in [0.717, 1.165) is 0 Å². The molecule has 0 aromatic heterocycles. The van der Waals surface area contributed by atoms with Crippen molar-refractivity contribution in [1.82, 2.24) is 0 Å². The van der Waals surface area contributed by atoms with Gasteiger partial charge < -0.3 is 10.8 Å². The quantitative estimate of drug-likeness (QED) is 0.553. The minimum atomic E-state index is -0.681. The van der Waals surface area contributed by atoms with Crippen LogP contribution in [0.2, 0.25) is 0 Å². The predicted molar refractivity (Wildman–Crippen MR) is 34.6 cm³/mol. The lowest BCUT2D eigenvalue weighted by atomic mass is 9.96. The topological polar surface area (TPSA) is 46.2 Å². The summed E-state index contributed by atoms with van der Waals surface area (Å²) in [5.74, 6) is 0. The summed E-state index contributed by atoms with van der Waals surface area (Å²) in [6.07, 6.45) is 0.713. The van der Waals surface area contributed by atoms with E-state index in [1.807, 2.05) is 13.8 Å². The maximum absolute atomic E-state index is 9.28. The van der Waals surface area contributed by atoms with Gasteiger partial charge >= 0.3 is 0 Å². The highest BCUT2D eigenvalue weighted by molar-refractivity contribution is 4.79. The molecule has 0 radical (unpaired) electrons. The van der Waals surface area contributed by atoms with E-state index in [9.17, 15) is 5.11 Å². The van der Waals surface area contributed by atoms with Crippen LogP contribution in [-0.2, 0) is 0 Å². The van der Waals surface area contributed by atoms with Crippen molar-refractivity contribution >= 4 is 0 Å². The molecule has 2 heteroatoms. The second-order valence-electron chi connectivity index (χ2n) is 2.50. The number of nitrogens with two attached hydrogens (primary N) is 1. The van der Waals surface area contributed by atoms with Crippen LogP contribution in [-0.4, -0.2) is 16.7 Å². The lowest BCUT2D eigenvalue weighted by Crippen LogP contribution is -2.42. The molecular formula is C6H15NO. The number of rotatable bonds is 2. The van der Waals surface area contributed by atoms with Gasteiger partial charge in [0.1, 0.15) is 0 Å². The van der Waals surface area contributed by atoms with Gasteiger partial charge in [0.2, 0.25) is 0 Å². The summed E-state index contributed by atoms with van der Waals surface area (Å²) in [6.45, 7) is 5.48.